The quantitative estimate of drug-likeness (QED) is 0.252. The van der Waals surface area contributed by atoms with Gasteiger partial charge in [-0.15, -0.1) is 0 Å². The smallest absolute Gasteiger partial charge is 0.126 e. The number of aryl methyl sites for hydroxylation is 2. The van der Waals surface area contributed by atoms with Crippen molar-refractivity contribution in [2.75, 3.05) is 4.90 Å². The Balaban J connectivity index is 1.02. The topological polar surface area (TPSA) is 12.5 Å². The van der Waals surface area contributed by atoms with E-state index in [1.54, 1.807) is 5.57 Å². The summed E-state index contributed by atoms with van der Waals surface area (Å²) in [7, 11) is 0. The number of allylic oxidation sites excluding steroid dienone is 18. The first-order chi connectivity index (χ1) is 26.8. The van der Waals surface area contributed by atoms with Gasteiger partial charge in [0.1, 0.15) is 11.5 Å². The van der Waals surface area contributed by atoms with E-state index in [1.165, 1.54) is 84.1 Å². The summed E-state index contributed by atoms with van der Waals surface area (Å²) in [5.41, 5.74) is 20.7. The fraction of sp³-hybridized carbons (Fsp3) is 0.283. The highest BCUT2D eigenvalue weighted by molar-refractivity contribution is 5.95. The highest BCUT2D eigenvalue weighted by atomic mass is 16.5. The molecule has 0 saturated heterocycles. The van der Waals surface area contributed by atoms with E-state index in [1.807, 2.05) is 0 Å². The summed E-state index contributed by atoms with van der Waals surface area (Å²) in [6.07, 6.45) is 34.2. The van der Waals surface area contributed by atoms with Crippen LogP contribution in [0.15, 0.2) is 161 Å². The number of anilines is 2. The first-order valence-electron chi connectivity index (χ1n) is 20.6. The van der Waals surface area contributed by atoms with Crippen LogP contribution in [-0.2, 0) is 10.2 Å². The molecule has 7 aliphatic rings. The van der Waals surface area contributed by atoms with Crippen molar-refractivity contribution in [2.24, 2.45) is 11.8 Å². The molecule has 6 aliphatic carbocycles. The van der Waals surface area contributed by atoms with Gasteiger partial charge in [-0.3, -0.25) is 0 Å². The highest BCUT2D eigenvalue weighted by Gasteiger charge is 2.40. The molecule has 55 heavy (non-hydrogen) atoms. The molecule has 2 atom stereocenters. The second-order valence-corrected chi connectivity index (χ2v) is 17.1. The van der Waals surface area contributed by atoms with Gasteiger partial charge in [-0.05, 0) is 157 Å². The predicted molar refractivity (Wildman–Crippen MR) is 231 cm³/mol. The van der Waals surface area contributed by atoms with Crippen LogP contribution in [0.4, 0.5) is 11.4 Å². The second-order valence-electron chi connectivity index (χ2n) is 17.1. The number of hydrogen-bond donors (Lipinski definition) is 0. The highest BCUT2D eigenvalue weighted by Crippen LogP contribution is 2.54. The van der Waals surface area contributed by atoms with Crippen molar-refractivity contribution >= 4 is 28.1 Å². The zero-order valence-corrected chi connectivity index (χ0v) is 32.8. The van der Waals surface area contributed by atoms with Crippen LogP contribution < -0.4 is 4.90 Å². The Hall–Kier alpha value is -5.34. The van der Waals surface area contributed by atoms with Crippen molar-refractivity contribution in [2.45, 2.75) is 84.5 Å². The van der Waals surface area contributed by atoms with Gasteiger partial charge in [-0.1, -0.05) is 116 Å². The lowest BCUT2D eigenvalue weighted by Crippen LogP contribution is -2.22. The van der Waals surface area contributed by atoms with Gasteiger partial charge in [0.25, 0.3) is 0 Å². The van der Waals surface area contributed by atoms with E-state index in [9.17, 15) is 0 Å². The average Bonchev–Trinajstić information content (AvgIpc) is 3.70. The lowest BCUT2D eigenvalue weighted by Gasteiger charge is -2.33. The van der Waals surface area contributed by atoms with Crippen molar-refractivity contribution in [3.63, 3.8) is 0 Å². The standard InChI is InChI=1S/C53H51NO/c1-34-29-35(2)51-47-33-39(25-28-48(47)53(3,4)49(51)30-34)38-15-10-17-42(31-38)54(41-26-23-37(24-27-41)36-13-6-5-7-14-36)43-18-11-16-40(32-43)44-20-12-21-46-45-19-8-9-22-50(45)55-52(44)46/h6,9-18,20,22-24,26-27,29-31,33,40,46H,5,7-8,19,21,25,28,32H2,1-4H3. The van der Waals surface area contributed by atoms with Crippen LogP contribution >= 0.6 is 0 Å². The number of ether oxygens (including phenoxy) is 1. The average molecular weight is 718 g/mol. The molecule has 3 aromatic carbocycles. The van der Waals surface area contributed by atoms with E-state index in [2.05, 4.69) is 160 Å². The third-order valence-electron chi connectivity index (χ3n) is 13.2. The first kappa shape index (κ1) is 34.2. The van der Waals surface area contributed by atoms with E-state index >= 15 is 0 Å². The van der Waals surface area contributed by atoms with Crippen molar-refractivity contribution in [1.29, 1.82) is 0 Å². The summed E-state index contributed by atoms with van der Waals surface area (Å²) in [5, 5.41) is 0. The Kier molecular flexibility index (Phi) is 8.36. The molecule has 0 saturated carbocycles. The molecular weight excluding hydrogens is 667 g/mol. The third-order valence-corrected chi connectivity index (χ3v) is 13.2. The number of rotatable bonds is 6. The molecule has 0 aromatic heterocycles. The summed E-state index contributed by atoms with van der Waals surface area (Å²) in [6.45, 7) is 9.39. The maximum Gasteiger partial charge on any atom is 0.126 e. The van der Waals surface area contributed by atoms with E-state index in [0.29, 0.717) is 5.92 Å². The summed E-state index contributed by atoms with van der Waals surface area (Å²) in [6, 6.07) is 23.4. The number of benzene rings is 3. The summed E-state index contributed by atoms with van der Waals surface area (Å²) in [5.74, 6) is 2.91. The van der Waals surface area contributed by atoms with E-state index < -0.39 is 0 Å². The molecule has 0 fully saturated rings. The molecule has 0 amide bonds. The Bertz CT molecular complexity index is 2440. The zero-order valence-electron chi connectivity index (χ0n) is 32.8. The number of hydrogen-bond acceptors (Lipinski definition) is 2. The molecule has 3 aromatic rings. The SMILES string of the molecule is Cc1cc(C)c2c(c1)C(C)(C)C1=C2C=C(c2cccc(N(C3=CC=CC(C4=C5OC6=C(CCC=C6)C5CC=C4)C3)c3ccc(C4=CCCC=C4)cc3)c2)CC1. The normalized spacial score (nSPS) is 23.2. The van der Waals surface area contributed by atoms with Gasteiger partial charge >= 0.3 is 0 Å². The molecule has 10 rings (SSSR count). The van der Waals surface area contributed by atoms with Crippen LogP contribution in [0.25, 0.3) is 16.7 Å². The molecule has 0 bridgehead atoms. The molecule has 274 valence electrons. The molecule has 2 nitrogen and oxygen atoms in total. The van der Waals surface area contributed by atoms with Crippen LogP contribution in [0.2, 0.25) is 0 Å². The fourth-order valence-electron chi connectivity index (χ4n) is 10.5. The van der Waals surface area contributed by atoms with Crippen molar-refractivity contribution < 1.29 is 4.74 Å². The van der Waals surface area contributed by atoms with Crippen LogP contribution in [0.1, 0.15) is 98.6 Å². The molecule has 0 N–H and O–H groups in total. The van der Waals surface area contributed by atoms with Gasteiger partial charge in [0.2, 0.25) is 0 Å². The van der Waals surface area contributed by atoms with Crippen molar-refractivity contribution in [3.05, 3.63) is 195 Å². The van der Waals surface area contributed by atoms with Gasteiger partial charge in [0.05, 0.1) is 0 Å². The van der Waals surface area contributed by atoms with Crippen molar-refractivity contribution in [1.82, 2.24) is 0 Å². The summed E-state index contributed by atoms with van der Waals surface area (Å²) >= 11 is 0. The zero-order chi connectivity index (χ0) is 37.3. The summed E-state index contributed by atoms with van der Waals surface area (Å²) < 4.78 is 6.67. The monoisotopic (exact) mass is 717 g/mol. The molecule has 1 heterocycles. The number of nitrogens with zero attached hydrogens (tertiary/aromatic N) is 1. The molecule has 0 spiro atoms. The first-order valence-corrected chi connectivity index (χ1v) is 20.6. The molecule has 0 radical (unpaired) electrons. The molecule has 1 aliphatic heterocycles. The van der Waals surface area contributed by atoms with Gasteiger partial charge in [0, 0.05) is 34.3 Å². The van der Waals surface area contributed by atoms with Crippen LogP contribution in [0, 0.1) is 25.7 Å². The minimum atomic E-state index is 0.0642. The van der Waals surface area contributed by atoms with Crippen LogP contribution in [-0.4, -0.2) is 0 Å². The predicted octanol–water partition coefficient (Wildman–Crippen LogP) is 14.0. The van der Waals surface area contributed by atoms with Crippen LogP contribution in [0.3, 0.4) is 0 Å². The fourth-order valence-corrected chi connectivity index (χ4v) is 10.5. The Labute approximate surface area is 327 Å². The van der Waals surface area contributed by atoms with Crippen LogP contribution in [0.5, 0.6) is 0 Å². The summed E-state index contributed by atoms with van der Waals surface area (Å²) in [4.78, 5) is 2.51. The van der Waals surface area contributed by atoms with Crippen molar-refractivity contribution in [3.8, 4) is 0 Å². The maximum absolute atomic E-state index is 6.67. The van der Waals surface area contributed by atoms with Gasteiger partial charge in [-0.2, -0.15) is 0 Å². The van der Waals surface area contributed by atoms with E-state index in [0.717, 1.165) is 57.1 Å². The maximum atomic E-state index is 6.67. The molecular formula is C53H51NO. The largest absolute Gasteiger partial charge is 0.461 e. The lowest BCUT2D eigenvalue weighted by molar-refractivity contribution is 0.307. The minimum absolute atomic E-state index is 0.0642. The van der Waals surface area contributed by atoms with E-state index in [-0.39, 0.29) is 11.3 Å². The Morgan fingerprint density at radius 3 is 2.53 bits per heavy atom. The Morgan fingerprint density at radius 1 is 0.800 bits per heavy atom. The van der Waals surface area contributed by atoms with E-state index in [4.69, 9.17) is 4.74 Å². The van der Waals surface area contributed by atoms with Gasteiger partial charge < -0.3 is 9.64 Å². The third kappa shape index (κ3) is 5.84. The van der Waals surface area contributed by atoms with Gasteiger partial charge in [0.15, 0.2) is 0 Å². The Morgan fingerprint density at radius 2 is 1.67 bits per heavy atom. The number of fused-ring (bicyclic) bond motifs is 4. The minimum Gasteiger partial charge on any atom is -0.461 e. The molecule has 2 unspecified atom stereocenters. The lowest BCUT2D eigenvalue weighted by atomic mass is 9.77. The second kappa shape index (κ2) is 13.4. The van der Waals surface area contributed by atoms with Gasteiger partial charge in [-0.25, -0.2) is 0 Å². The molecule has 2 heteroatoms.